The second kappa shape index (κ2) is 7.85. The summed E-state index contributed by atoms with van der Waals surface area (Å²) in [5.41, 5.74) is 0.224. The summed E-state index contributed by atoms with van der Waals surface area (Å²) in [5, 5.41) is 2.80. The van der Waals surface area contributed by atoms with Gasteiger partial charge in [0, 0.05) is 31.5 Å². The Balaban J connectivity index is 2.75. The van der Waals surface area contributed by atoms with Crippen molar-refractivity contribution in [1.29, 1.82) is 0 Å². The van der Waals surface area contributed by atoms with Gasteiger partial charge in [0.1, 0.15) is 11.5 Å². The largest absolute Gasteiger partial charge is 0.497 e. The van der Waals surface area contributed by atoms with E-state index in [1.807, 2.05) is 20.8 Å². The van der Waals surface area contributed by atoms with E-state index in [0.29, 0.717) is 23.7 Å². The van der Waals surface area contributed by atoms with Gasteiger partial charge in [-0.25, -0.2) is 0 Å². The lowest BCUT2D eigenvalue weighted by Gasteiger charge is -2.34. The first-order valence-electron chi connectivity index (χ1n) is 7.49. The van der Waals surface area contributed by atoms with Gasteiger partial charge in [-0.1, -0.05) is 0 Å². The van der Waals surface area contributed by atoms with Crippen molar-refractivity contribution in [2.24, 2.45) is 0 Å². The van der Waals surface area contributed by atoms with Crippen molar-refractivity contribution in [2.75, 3.05) is 26.1 Å². The Kier molecular flexibility index (Phi) is 6.42. The van der Waals surface area contributed by atoms with E-state index >= 15 is 0 Å². The SMILES string of the molecule is COc1ccc(OC)c(NC(=O)CCN(C(C)=O)C(C)(C)C)c1. The molecule has 0 aliphatic rings. The van der Waals surface area contributed by atoms with Gasteiger partial charge in [-0.2, -0.15) is 0 Å². The minimum atomic E-state index is -0.320. The number of ether oxygens (including phenoxy) is 2. The summed E-state index contributed by atoms with van der Waals surface area (Å²) in [4.78, 5) is 25.6. The number of anilines is 1. The Morgan fingerprint density at radius 3 is 2.30 bits per heavy atom. The minimum absolute atomic E-state index is 0.0516. The zero-order valence-corrected chi connectivity index (χ0v) is 14.7. The fraction of sp³-hybridized carbons (Fsp3) is 0.529. The molecule has 0 aliphatic heterocycles. The average molecular weight is 322 g/mol. The number of hydrogen-bond donors (Lipinski definition) is 1. The lowest BCUT2D eigenvalue weighted by molar-refractivity contribution is -0.134. The summed E-state index contributed by atoms with van der Waals surface area (Å²) in [6.07, 6.45) is 0.206. The normalized spacial score (nSPS) is 10.9. The van der Waals surface area contributed by atoms with Crippen LogP contribution in [0.2, 0.25) is 0 Å². The highest BCUT2D eigenvalue weighted by molar-refractivity contribution is 5.93. The molecule has 0 unspecified atom stereocenters. The third-order valence-corrected chi connectivity index (χ3v) is 3.43. The highest BCUT2D eigenvalue weighted by Crippen LogP contribution is 2.29. The zero-order valence-electron chi connectivity index (χ0n) is 14.7. The number of carbonyl (C=O) groups excluding carboxylic acids is 2. The Bertz CT molecular complexity index is 564. The van der Waals surface area contributed by atoms with Gasteiger partial charge in [0.25, 0.3) is 0 Å². The summed E-state index contributed by atoms with van der Waals surface area (Å²) < 4.78 is 10.4. The number of nitrogens with zero attached hydrogens (tertiary/aromatic N) is 1. The van der Waals surface area contributed by atoms with Crippen LogP contribution >= 0.6 is 0 Å². The zero-order chi connectivity index (χ0) is 17.6. The van der Waals surface area contributed by atoms with Crippen molar-refractivity contribution in [2.45, 2.75) is 39.7 Å². The summed E-state index contributed by atoms with van der Waals surface area (Å²) in [6.45, 7) is 7.69. The smallest absolute Gasteiger partial charge is 0.226 e. The quantitative estimate of drug-likeness (QED) is 0.874. The first-order valence-corrected chi connectivity index (χ1v) is 7.49. The number of benzene rings is 1. The summed E-state index contributed by atoms with van der Waals surface area (Å²) in [5.74, 6) is 0.941. The molecule has 0 fully saturated rings. The maximum atomic E-state index is 12.2. The van der Waals surface area contributed by atoms with Gasteiger partial charge in [-0.15, -0.1) is 0 Å². The molecule has 2 amide bonds. The molecule has 0 spiro atoms. The van der Waals surface area contributed by atoms with Crippen LogP contribution in [0.4, 0.5) is 5.69 Å². The molecule has 0 radical (unpaired) electrons. The van der Waals surface area contributed by atoms with E-state index in [2.05, 4.69) is 5.32 Å². The van der Waals surface area contributed by atoms with Crippen LogP contribution in [0.1, 0.15) is 34.1 Å². The number of carbonyl (C=O) groups is 2. The third kappa shape index (κ3) is 5.47. The van der Waals surface area contributed by atoms with Gasteiger partial charge in [0.2, 0.25) is 11.8 Å². The van der Waals surface area contributed by atoms with E-state index in [1.54, 1.807) is 30.2 Å². The Hall–Kier alpha value is -2.24. The molecule has 6 nitrogen and oxygen atoms in total. The summed E-state index contributed by atoms with van der Waals surface area (Å²) >= 11 is 0. The molecule has 0 bridgehead atoms. The lowest BCUT2D eigenvalue weighted by atomic mass is 10.1. The van der Waals surface area contributed by atoms with E-state index in [-0.39, 0.29) is 23.8 Å². The first kappa shape index (κ1) is 18.8. The molecule has 0 saturated heterocycles. The maximum absolute atomic E-state index is 12.2. The molecule has 1 N–H and O–H groups in total. The average Bonchev–Trinajstić information content (AvgIpc) is 2.45. The number of nitrogens with one attached hydrogen (secondary N) is 1. The van der Waals surface area contributed by atoms with E-state index in [4.69, 9.17) is 9.47 Å². The molecule has 0 aliphatic carbocycles. The van der Waals surface area contributed by atoms with Crippen LogP contribution in [0.5, 0.6) is 11.5 Å². The predicted octanol–water partition coefficient (Wildman–Crippen LogP) is 2.68. The molecule has 0 saturated carbocycles. The standard InChI is InChI=1S/C17H26N2O4/c1-12(20)19(17(2,3)4)10-9-16(21)18-14-11-13(22-5)7-8-15(14)23-6/h7-8,11H,9-10H2,1-6H3,(H,18,21). The highest BCUT2D eigenvalue weighted by atomic mass is 16.5. The fourth-order valence-corrected chi connectivity index (χ4v) is 2.30. The molecule has 0 aromatic heterocycles. The van der Waals surface area contributed by atoms with Crippen LogP contribution in [-0.2, 0) is 9.59 Å². The molecule has 1 rings (SSSR count). The molecule has 23 heavy (non-hydrogen) atoms. The number of amides is 2. The van der Waals surface area contributed by atoms with Gasteiger partial charge in [-0.3, -0.25) is 9.59 Å². The Morgan fingerprint density at radius 2 is 1.83 bits per heavy atom. The van der Waals surface area contributed by atoms with Crippen molar-refractivity contribution < 1.29 is 19.1 Å². The molecule has 1 aromatic carbocycles. The number of hydrogen-bond acceptors (Lipinski definition) is 4. The minimum Gasteiger partial charge on any atom is -0.497 e. The van der Waals surface area contributed by atoms with Gasteiger partial charge in [0.15, 0.2) is 0 Å². The summed E-state index contributed by atoms with van der Waals surface area (Å²) in [6, 6.07) is 5.18. The molecule has 6 heteroatoms. The van der Waals surface area contributed by atoms with E-state index < -0.39 is 0 Å². The third-order valence-electron chi connectivity index (χ3n) is 3.43. The van der Waals surface area contributed by atoms with Crippen LogP contribution < -0.4 is 14.8 Å². The van der Waals surface area contributed by atoms with Crippen molar-refractivity contribution in [1.82, 2.24) is 4.90 Å². The van der Waals surface area contributed by atoms with Crippen molar-refractivity contribution in [3.63, 3.8) is 0 Å². The highest BCUT2D eigenvalue weighted by Gasteiger charge is 2.24. The second-order valence-corrected chi connectivity index (χ2v) is 6.21. The molecular weight excluding hydrogens is 296 g/mol. The number of rotatable bonds is 6. The monoisotopic (exact) mass is 322 g/mol. The Morgan fingerprint density at radius 1 is 1.17 bits per heavy atom. The van der Waals surface area contributed by atoms with Crippen molar-refractivity contribution >= 4 is 17.5 Å². The van der Waals surface area contributed by atoms with Gasteiger partial charge in [0.05, 0.1) is 19.9 Å². The molecule has 128 valence electrons. The van der Waals surface area contributed by atoms with Crippen LogP contribution in [0.25, 0.3) is 0 Å². The van der Waals surface area contributed by atoms with Gasteiger partial charge >= 0.3 is 0 Å². The molecule has 0 heterocycles. The van der Waals surface area contributed by atoms with E-state index in [1.165, 1.54) is 14.0 Å². The lowest BCUT2D eigenvalue weighted by Crippen LogP contribution is -2.45. The van der Waals surface area contributed by atoms with Crippen LogP contribution in [0, 0.1) is 0 Å². The molecule has 1 aromatic rings. The number of methoxy groups -OCH3 is 2. The summed E-state index contributed by atoms with van der Waals surface area (Å²) in [7, 11) is 3.09. The van der Waals surface area contributed by atoms with Crippen LogP contribution in [-0.4, -0.2) is 43.0 Å². The maximum Gasteiger partial charge on any atom is 0.226 e. The van der Waals surface area contributed by atoms with Crippen LogP contribution in [0.15, 0.2) is 18.2 Å². The van der Waals surface area contributed by atoms with Crippen LogP contribution in [0.3, 0.4) is 0 Å². The Labute approximate surface area is 137 Å². The van der Waals surface area contributed by atoms with E-state index in [0.717, 1.165) is 0 Å². The molecular formula is C17H26N2O4. The fourth-order valence-electron chi connectivity index (χ4n) is 2.30. The topological polar surface area (TPSA) is 67.9 Å². The van der Waals surface area contributed by atoms with Crippen molar-refractivity contribution in [3.8, 4) is 11.5 Å². The molecule has 0 atom stereocenters. The van der Waals surface area contributed by atoms with E-state index in [9.17, 15) is 9.59 Å². The predicted molar refractivity (Wildman–Crippen MR) is 89.9 cm³/mol. The van der Waals surface area contributed by atoms with Crippen molar-refractivity contribution in [3.05, 3.63) is 18.2 Å². The second-order valence-electron chi connectivity index (χ2n) is 6.21. The van der Waals surface area contributed by atoms with Gasteiger partial charge in [-0.05, 0) is 32.9 Å². The van der Waals surface area contributed by atoms with Gasteiger partial charge < -0.3 is 19.7 Å². The first-order chi connectivity index (χ1) is 10.7.